The molecule has 0 aromatic heterocycles. The van der Waals surface area contributed by atoms with E-state index in [1.54, 1.807) is 18.2 Å². The molecule has 0 spiro atoms. The van der Waals surface area contributed by atoms with Crippen molar-refractivity contribution in [2.45, 2.75) is 46.5 Å². The highest BCUT2D eigenvalue weighted by molar-refractivity contribution is 5.77. The molecular formula is C23H28O4. The van der Waals surface area contributed by atoms with E-state index in [2.05, 4.69) is 6.58 Å². The van der Waals surface area contributed by atoms with E-state index in [1.165, 1.54) is 6.08 Å². The van der Waals surface area contributed by atoms with Gasteiger partial charge in [0.1, 0.15) is 11.5 Å². The largest absolute Gasteiger partial charge is 0.426 e. The Kier molecular flexibility index (Phi) is 7.59. The summed E-state index contributed by atoms with van der Waals surface area (Å²) < 4.78 is 10.9. The minimum atomic E-state index is -0.256. The number of allylic oxidation sites excluding steroid dienone is 4. The summed E-state index contributed by atoms with van der Waals surface area (Å²) in [4.78, 5) is 24.7. The van der Waals surface area contributed by atoms with Crippen molar-refractivity contribution in [2.75, 3.05) is 0 Å². The first-order valence-corrected chi connectivity index (χ1v) is 9.36. The number of hydrogen-bond acceptors (Lipinski definition) is 4. The van der Waals surface area contributed by atoms with E-state index in [-0.39, 0.29) is 23.8 Å². The molecule has 0 aliphatic heterocycles. The Hall–Kier alpha value is -2.62. The average Bonchev–Trinajstić information content (AvgIpc) is 2.66. The van der Waals surface area contributed by atoms with Crippen LogP contribution < -0.4 is 4.74 Å². The zero-order chi connectivity index (χ0) is 19.8. The molecular weight excluding hydrogens is 340 g/mol. The zero-order valence-corrected chi connectivity index (χ0v) is 16.4. The highest BCUT2D eigenvalue weighted by Gasteiger charge is 2.32. The second-order valence-corrected chi connectivity index (χ2v) is 7.22. The Bertz CT molecular complexity index is 728. The van der Waals surface area contributed by atoms with Crippen LogP contribution in [0, 0.1) is 18.8 Å². The van der Waals surface area contributed by atoms with Crippen molar-refractivity contribution in [1.82, 2.24) is 0 Å². The van der Waals surface area contributed by atoms with Crippen LogP contribution in [0.2, 0.25) is 0 Å². The highest BCUT2D eigenvalue weighted by Crippen LogP contribution is 2.31. The highest BCUT2D eigenvalue weighted by atomic mass is 16.5. The molecule has 4 heteroatoms. The van der Waals surface area contributed by atoms with Gasteiger partial charge >= 0.3 is 11.9 Å². The van der Waals surface area contributed by atoms with Gasteiger partial charge in [0.25, 0.3) is 0 Å². The van der Waals surface area contributed by atoms with Gasteiger partial charge in [-0.25, -0.2) is 0 Å². The third kappa shape index (κ3) is 6.55. The van der Waals surface area contributed by atoms with Crippen LogP contribution in [0.3, 0.4) is 0 Å². The molecule has 0 radical (unpaired) electrons. The molecule has 0 N–H and O–H groups in total. The Labute approximate surface area is 161 Å². The first-order chi connectivity index (χ1) is 12.9. The minimum absolute atomic E-state index is 0.171. The second kappa shape index (κ2) is 9.91. The molecule has 0 saturated heterocycles. The Morgan fingerprint density at radius 2 is 1.52 bits per heavy atom. The third-order valence-corrected chi connectivity index (χ3v) is 4.63. The summed E-state index contributed by atoms with van der Waals surface area (Å²) in [5.41, 5.74) is 2.23. The summed E-state index contributed by atoms with van der Waals surface area (Å²) in [5, 5.41) is 0. The summed E-state index contributed by atoms with van der Waals surface area (Å²) in [7, 11) is 0. The molecule has 1 aliphatic carbocycles. The van der Waals surface area contributed by atoms with Crippen LogP contribution in [0.4, 0.5) is 0 Å². The molecule has 0 atom stereocenters. The number of aryl methyl sites for hydroxylation is 1. The molecule has 1 fully saturated rings. The fourth-order valence-electron chi connectivity index (χ4n) is 2.96. The van der Waals surface area contributed by atoms with Gasteiger partial charge in [-0.05, 0) is 70.7 Å². The van der Waals surface area contributed by atoms with Crippen LogP contribution in [0.1, 0.15) is 45.1 Å². The smallest absolute Gasteiger partial charge is 0.314 e. The topological polar surface area (TPSA) is 52.6 Å². The Morgan fingerprint density at radius 1 is 0.963 bits per heavy atom. The van der Waals surface area contributed by atoms with Crippen LogP contribution in [0.25, 0.3) is 0 Å². The van der Waals surface area contributed by atoms with Gasteiger partial charge in [0.2, 0.25) is 0 Å². The van der Waals surface area contributed by atoms with Gasteiger partial charge in [0.15, 0.2) is 0 Å². The maximum atomic E-state index is 12.4. The first kappa shape index (κ1) is 20.7. The number of rotatable bonds is 6. The summed E-state index contributed by atoms with van der Waals surface area (Å²) in [6, 6.07) is 7.42. The van der Waals surface area contributed by atoms with Gasteiger partial charge in [0, 0.05) is 0 Å². The number of benzene rings is 1. The van der Waals surface area contributed by atoms with Gasteiger partial charge in [-0.1, -0.05) is 35.9 Å². The third-order valence-electron chi connectivity index (χ3n) is 4.63. The molecule has 0 unspecified atom stereocenters. The molecule has 2 rings (SSSR count). The number of esters is 2. The molecule has 1 aromatic rings. The first-order valence-electron chi connectivity index (χ1n) is 9.36. The number of carbonyl (C=O) groups is 2. The molecule has 1 saturated carbocycles. The lowest BCUT2D eigenvalue weighted by Crippen LogP contribution is -2.29. The normalized spacial score (nSPS) is 19.7. The molecule has 0 heterocycles. The second-order valence-electron chi connectivity index (χ2n) is 7.22. The van der Waals surface area contributed by atoms with E-state index in [9.17, 15) is 9.59 Å². The van der Waals surface area contributed by atoms with Crippen molar-refractivity contribution in [3.63, 3.8) is 0 Å². The minimum Gasteiger partial charge on any atom is -0.426 e. The predicted octanol–water partition coefficient (Wildman–Crippen LogP) is 5.29. The van der Waals surface area contributed by atoms with Crippen molar-refractivity contribution >= 4 is 11.9 Å². The quantitative estimate of drug-likeness (QED) is 0.296. The summed E-state index contributed by atoms with van der Waals surface area (Å²) >= 11 is 0. The van der Waals surface area contributed by atoms with Crippen LogP contribution in [-0.4, -0.2) is 11.9 Å². The Balaban J connectivity index is 1.85. The number of hydrogen-bond donors (Lipinski definition) is 0. The summed E-state index contributed by atoms with van der Waals surface area (Å²) in [5.74, 6) is 0.169. The number of ether oxygens (including phenoxy) is 2. The maximum absolute atomic E-state index is 12.4. The standard InChI is InChI=1S/C23H28O4/c1-5-20(13-6-16(2)3)26-22(24)18-9-11-19(12-10-18)23(25)27-21-14-7-17(4)8-15-21/h5-8,13-15,18-19H,1,9-12H2,2-4H3/b20-13+/t18-,19-. The van der Waals surface area contributed by atoms with Gasteiger partial charge < -0.3 is 9.47 Å². The fourth-order valence-corrected chi connectivity index (χ4v) is 2.96. The van der Waals surface area contributed by atoms with Crippen molar-refractivity contribution < 1.29 is 19.1 Å². The van der Waals surface area contributed by atoms with Gasteiger partial charge in [-0.2, -0.15) is 0 Å². The van der Waals surface area contributed by atoms with Crippen LogP contribution in [-0.2, 0) is 14.3 Å². The van der Waals surface area contributed by atoms with Crippen LogP contribution in [0.15, 0.2) is 60.4 Å². The lowest BCUT2D eigenvalue weighted by Gasteiger charge is -2.25. The zero-order valence-electron chi connectivity index (χ0n) is 16.4. The van der Waals surface area contributed by atoms with Crippen molar-refractivity contribution in [3.05, 3.63) is 66.0 Å². The van der Waals surface area contributed by atoms with Crippen molar-refractivity contribution in [1.29, 1.82) is 0 Å². The lowest BCUT2D eigenvalue weighted by atomic mass is 9.82. The molecule has 4 nitrogen and oxygen atoms in total. The van der Waals surface area contributed by atoms with Gasteiger partial charge in [-0.3, -0.25) is 9.59 Å². The van der Waals surface area contributed by atoms with E-state index in [0.29, 0.717) is 37.2 Å². The lowest BCUT2D eigenvalue weighted by molar-refractivity contribution is -0.148. The van der Waals surface area contributed by atoms with E-state index in [4.69, 9.17) is 9.47 Å². The van der Waals surface area contributed by atoms with Crippen molar-refractivity contribution in [3.8, 4) is 5.75 Å². The fraction of sp³-hybridized carbons (Fsp3) is 0.391. The maximum Gasteiger partial charge on any atom is 0.314 e. The van der Waals surface area contributed by atoms with Crippen molar-refractivity contribution in [2.24, 2.45) is 11.8 Å². The molecule has 27 heavy (non-hydrogen) atoms. The van der Waals surface area contributed by atoms with Gasteiger partial charge in [-0.15, -0.1) is 0 Å². The van der Waals surface area contributed by atoms with Crippen LogP contribution in [0.5, 0.6) is 5.75 Å². The van der Waals surface area contributed by atoms with Gasteiger partial charge in [0.05, 0.1) is 11.8 Å². The van der Waals surface area contributed by atoms with E-state index >= 15 is 0 Å². The Morgan fingerprint density at radius 3 is 2.04 bits per heavy atom. The molecule has 0 bridgehead atoms. The molecule has 1 aromatic carbocycles. The molecule has 144 valence electrons. The molecule has 1 aliphatic rings. The van der Waals surface area contributed by atoms with E-state index in [0.717, 1.165) is 11.1 Å². The average molecular weight is 368 g/mol. The monoisotopic (exact) mass is 368 g/mol. The summed E-state index contributed by atoms with van der Waals surface area (Å²) in [6.07, 6.45) is 7.66. The molecule has 0 amide bonds. The number of carbonyl (C=O) groups excluding carboxylic acids is 2. The van der Waals surface area contributed by atoms with Crippen LogP contribution >= 0.6 is 0 Å². The summed E-state index contributed by atoms with van der Waals surface area (Å²) in [6.45, 7) is 9.60. The predicted molar refractivity (Wildman–Crippen MR) is 106 cm³/mol. The SMILES string of the molecule is C=C/C(=C\C=C(C)C)OC(=O)[C@H]1CC[C@H](C(=O)Oc2ccc(C)cc2)CC1. The van der Waals surface area contributed by atoms with E-state index in [1.807, 2.05) is 39.0 Å². The van der Waals surface area contributed by atoms with E-state index < -0.39 is 0 Å².